The maximum absolute atomic E-state index is 2.56. The van der Waals surface area contributed by atoms with Crippen molar-refractivity contribution < 1.29 is 0 Å². The Morgan fingerprint density at radius 3 is 1.73 bits per heavy atom. The summed E-state index contributed by atoms with van der Waals surface area (Å²) >= 11 is 0. The monoisotopic (exact) mass is 770 g/mol. The van der Waals surface area contributed by atoms with Crippen molar-refractivity contribution in [2.24, 2.45) is 0 Å². The van der Waals surface area contributed by atoms with Crippen LogP contribution in [0.1, 0.15) is 49.9 Å². The van der Waals surface area contributed by atoms with Gasteiger partial charge in [0.25, 0.3) is 0 Å². The quantitative estimate of drug-likeness (QED) is 0.166. The summed E-state index contributed by atoms with van der Waals surface area (Å²) in [6.07, 6.45) is 0. The topological polar surface area (TPSA) is 6.48 Å². The first kappa shape index (κ1) is 36.0. The summed E-state index contributed by atoms with van der Waals surface area (Å²) in [6.45, 7) is 9.51. The molecular formula is C58H46N2. The predicted molar refractivity (Wildman–Crippen MR) is 254 cm³/mol. The molecule has 1 aliphatic heterocycles. The SMILES string of the molecule is CC1(C)c2ccccc2-c2ccc(N(c3cccc(-c4ccccc4)c3)c3ccc4ccccc4c3N3c4ccccc4C(C)(C)c4cc(-c5ccccc5)ccc43)cc21. The lowest BCUT2D eigenvalue weighted by atomic mass is 9.72. The summed E-state index contributed by atoms with van der Waals surface area (Å²) in [5, 5.41) is 2.39. The van der Waals surface area contributed by atoms with Crippen LogP contribution >= 0.6 is 0 Å². The highest BCUT2D eigenvalue weighted by atomic mass is 15.2. The van der Waals surface area contributed by atoms with Crippen molar-refractivity contribution >= 4 is 44.9 Å². The average molecular weight is 771 g/mol. The molecule has 2 aliphatic rings. The zero-order valence-corrected chi connectivity index (χ0v) is 34.5. The minimum atomic E-state index is -0.248. The van der Waals surface area contributed by atoms with Gasteiger partial charge in [0.2, 0.25) is 0 Å². The molecule has 0 saturated carbocycles. The number of fused-ring (bicyclic) bond motifs is 6. The lowest BCUT2D eigenvalue weighted by Gasteiger charge is -2.44. The van der Waals surface area contributed by atoms with E-state index in [0.29, 0.717) is 0 Å². The number of rotatable bonds is 6. The molecule has 0 fully saturated rings. The molecule has 1 aliphatic carbocycles. The molecular weight excluding hydrogens is 725 g/mol. The Kier molecular flexibility index (Phi) is 8.22. The molecule has 2 heteroatoms. The summed E-state index contributed by atoms with van der Waals surface area (Å²) < 4.78 is 0. The van der Waals surface area contributed by atoms with E-state index in [2.05, 4.69) is 244 Å². The lowest BCUT2D eigenvalue weighted by molar-refractivity contribution is 0.632. The molecule has 0 unspecified atom stereocenters. The number of nitrogens with zero attached hydrogens (tertiary/aromatic N) is 2. The zero-order valence-electron chi connectivity index (χ0n) is 34.5. The Hall–Kier alpha value is -7.16. The largest absolute Gasteiger partial charge is 0.308 e. The van der Waals surface area contributed by atoms with Gasteiger partial charge in [-0.25, -0.2) is 0 Å². The molecule has 2 nitrogen and oxygen atoms in total. The third-order valence-corrected chi connectivity index (χ3v) is 13.2. The highest BCUT2D eigenvalue weighted by Crippen LogP contribution is 2.58. The Bertz CT molecular complexity index is 3100. The highest BCUT2D eigenvalue weighted by Gasteiger charge is 2.40. The average Bonchev–Trinajstić information content (AvgIpc) is 3.53. The minimum Gasteiger partial charge on any atom is -0.308 e. The van der Waals surface area contributed by atoms with Crippen LogP contribution in [-0.4, -0.2) is 0 Å². The third-order valence-electron chi connectivity index (χ3n) is 13.2. The van der Waals surface area contributed by atoms with Crippen LogP contribution in [0.4, 0.5) is 34.1 Å². The van der Waals surface area contributed by atoms with Gasteiger partial charge in [-0.3, -0.25) is 0 Å². The first-order valence-electron chi connectivity index (χ1n) is 21.1. The standard InChI is InChI=1S/C58H46N2/c1-57(2)49-27-14-13-26-47(49)48-33-32-45(38-51(48)57)59(44-24-17-23-42(36-44)39-18-7-5-8-19-39)55-35-30-41-22-11-12-25-46(41)56(55)60-53-29-16-15-28-50(53)58(3,4)52-37-43(31-34-54(52)60)40-20-9-6-10-21-40/h5-38H,1-4H3. The van der Waals surface area contributed by atoms with Gasteiger partial charge < -0.3 is 9.80 Å². The highest BCUT2D eigenvalue weighted by molar-refractivity contribution is 6.09. The van der Waals surface area contributed by atoms with Crippen molar-refractivity contribution in [2.45, 2.75) is 38.5 Å². The van der Waals surface area contributed by atoms with Gasteiger partial charge in [0.1, 0.15) is 0 Å². The fraction of sp³-hybridized carbons (Fsp3) is 0.103. The molecule has 0 saturated heterocycles. The molecule has 0 bridgehead atoms. The van der Waals surface area contributed by atoms with Crippen molar-refractivity contribution in [1.82, 2.24) is 0 Å². The second kappa shape index (κ2) is 13.7. The molecule has 1 heterocycles. The molecule has 0 atom stereocenters. The summed E-state index contributed by atoms with van der Waals surface area (Å²) in [5.41, 5.74) is 19.3. The molecule has 0 spiro atoms. The summed E-state index contributed by atoms with van der Waals surface area (Å²) in [7, 11) is 0. The number of hydrogen-bond acceptors (Lipinski definition) is 2. The van der Waals surface area contributed by atoms with E-state index in [1.807, 2.05) is 0 Å². The number of anilines is 6. The van der Waals surface area contributed by atoms with Crippen molar-refractivity contribution in [3.63, 3.8) is 0 Å². The van der Waals surface area contributed by atoms with Crippen LogP contribution in [-0.2, 0) is 10.8 Å². The van der Waals surface area contributed by atoms with E-state index < -0.39 is 0 Å². The van der Waals surface area contributed by atoms with Crippen LogP contribution < -0.4 is 9.80 Å². The zero-order chi connectivity index (χ0) is 40.6. The molecule has 60 heavy (non-hydrogen) atoms. The summed E-state index contributed by atoms with van der Waals surface area (Å²) in [6, 6.07) is 76.3. The maximum Gasteiger partial charge on any atom is 0.0781 e. The van der Waals surface area contributed by atoms with Crippen molar-refractivity contribution in [3.05, 3.63) is 229 Å². The van der Waals surface area contributed by atoms with Crippen LogP contribution in [0.5, 0.6) is 0 Å². The van der Waals surface area contributed by atoms with E-state index in [1.54, 1.807) is 0 Å². The van der Waals surface area contributed by atoms with Gasteiger partial charge in [0.15, 0.2) is 0 Å². The molecule has 9 aromatic carbocycles. The Morgan fingerprint density at radius 1 is 0.367 bits per heavy atom. The molecule has 0 radical (unpaired) electrons. The van der Waals surface area contributed by atoms with Crippen LogP contribution in [0, 0.1) is 0 Å². The number of hydrogen-bond donors (Lipinski definition) is 0. The van der Waals surface area contributed by atoms with Crippen LogP contribution in [0.2, 0.25) is 0 Å². The summed E-state index contributed by atoms with van der Waals surface area (Å²) in [5.74, 6) is 0. The van der Waals surface area contributed by atoms with Gasteiger partial charge in [0.05, 0.1) is 22.7 Å². The van der Waals surface area contributed by atoms with Gasteiger partial charge in [-0.15, -0.1) is 0 Å². The van der Waals surface area contributed by atoms with Gasteiger partial charge in [-0.1, -0.05) is 185 Å². The van der Waals surface area contributed by atoms with Gasteiger partial charge in [-0.2, -0.15) is 0 Å². The maximum atomic E-state index is 2.56. The van der Waals surface area contributed by atoms with Crippen LogP contribution in [0.25, 0.3) is 44.2 Å². The number of para-hydroxylation sites is 1. The van der Waals surface area contributed by atoms with Gasteiger partial charge in [0, 0.05) is 27.6 Å². The van der Waals surface area contributed by atoms with E-state index in [4.69, 9.17) is 0 Å². The van der Waals surface area contributed by atoms with Gasteiger partial charge >= 0.3 is 0 Å². The fourth-order valence-corrected chi connectivity index (χ4v) is 10.1. The smallest absolute Gasteiger partial charge is 0.0781 e. The first-order valence-corrected chi connectivity index (χ1v) is 21.1. The van der Waals surface area contributed by atoms with E-state index in [-0.39, 0.29) is 10.8 Å². The van der Waals surface area contributed by atoms with Crippen molar-refractivity contribution in [3.8, 4) is 33.4 Å². The normalized spacial score (nSPS) is 14.2. The lowest BCUT2D eigenvalue weighted by Crippen LogP contribution is -2.31. The molecule has 288 valence electrons. The van der Waals surface area contributed by atoms with Crippen molar-refractivity contribution in [1.29, 1.82) is 0 Å². The Morgan fingerprint density at radius 2 is 0.950 bits per heavy atom. The first-order chi connectivity index (χ1) is 29.3. The van der Waals surface area contributed by atoms with E-state index in [0.717, 1.165) is 22.7 Å². The van der Waals surface area contributed by atoms with Crippen LogP contribution in [0.3, 0.4) is 0 Å². The van der Waals surface area contributed by atoms with E-state index in [1.165, 1.54) is 77.8 Å². The second-order valence-electron chi connectivity index (χ2n) is 17.4. The molecule has 9 aromatic rings. The van der Waals surface area contributed by atoms with Crippen LogP contribution in [0.15, 0.2) is 206 Å². The van der Waals surface area contributed by atoms with Crippen molar-refractivity contribution in [2.75, 3.05) is 9.80 Å². The van der Waals surface area contributed by atoms with E-state index >= 15 is 0 Å². The van der Waals surface area contributed by atoms with E-state index in [9.17, 15) is 0 Å². The van der Waals surface area contributed by atoms with Gasteiger partial charge in [-0.05, 0) is 110 Å². The number of benzene rings is 9. The molecule has 0 N–H and O–H groups in total. The Labute approximate surface area is 353 Å². The fourth-order valence-electron chi connectivity index (χ4n) is 10.1. The summed E-state index contributed by atoms with van der Waals surface area (Å²) in [4.78, 5) is 5.07. The third kappa shape index (κ3) is 5.55. The second-order valence-corrected chi connectivity index (χ2v) is 17.4. The predicted octanol–water partition coefficient (Wildman–Crippen LogP) is 16.1. The molecule has 0 amide bonds. The molecule has 11 rings (SSSR count). The Balaban J connectivity index is 1.21. The minimum absolute atomic E-state index is 0.154. The molecule has 0 aromatic heterocycles.